The molecule has 0 aromatic rings. The molecule has 2 rings (SSSR count). The smallest absolute Gasteiger partial charge is 0.326 e. The van der Waals surface area contributed by atoms with Crippen molar-refractivity contribution in [3.63, 3.8) is 0 Å². The molecule has 2 unspecified atom stereocenters. The van der Waals surface area contributed by atoms with E-state index in [4.69, 9.17) is 0 Å². The Kier molecular flexibility index (Phi) is 3.42. The number of nitrogens with zero attached hydrogens (tertiary/aromatic N) is 1. The van der Waals surface area contributed by atoms with Crippen molar-refractivity contribution in [2.24, 2.45) is 11.8 Å². The summed E-state index contributed by atoms with van der Waals surface area (Å²) in [4.78, 5) is 24.4. The fraction of sp³-hybridized carbons (Fsp3) is 0.818. The number of rotatable bonds is 5. The van der Waals surface area contributed by atoms with E-state index >= 15 is 0 Å². The van der Waals surface area contributed by atoms with E-state index in [9.17, 15) is 14.7 Å². The van der Waals surface area contributed by atoms with Gasteiger partial charge in [0.25, 0.3) is 0 Å². The van der Waals surface area contributed by atoms with Crippen LogP contribution in [0.15, 0.2) is 0 Å². The zero-order chi connectivity index (χ0) is 11.7. The molecule has 90 valence electrons. The number of thiol groups is 1. The molecule has 0 radical (unpaired) electrons. The summed E-state index contributed by atoms with van der Waals surface area (Å²) < 4.78 is 0. The normalized spacial score (nSPS) is 27.2. The first kappa shape index (κ1) is 11.8. The molecule has 2 fully saturated rings. The van der Waals surface area contributed by atoms with Gasteiger partial charge in [0.1, 0.15) is 6.04 Å². The van der Waals surface area contributed by atoms with Crippen LogP contribution in [0.25, 0.3) is 0 Å². The van der Waals surface area contributed by atoms with Gasteiger partial charge < -0.3 is 10.0 Å². The van der Waals surface area contributed by atoms with Gasteiger partial charge in [-0.1, -0.05) is 12.8 Å². The molecule has 1 N–H and O–H groups in total. The Morgan fingerprint density at radius 3 is 2.62 bits per heavy atom. The zero-order valence-corrected chi connectivity index (χ0v) is 10.0. The van der Waals surface area contributed by atoms with Crippen molar-refractivity contribution in [3.05, 3.63) is 0 Å². The van der Waals surface area contributed by atoms with Crippen LogP contribution in [0.4, 0.5) is 0 Å². The molecule has 1 aliphatic carbocycles. The summed E-state index contributed by atoms with van der Waals surface area (Å²) in [5, 5.41) is 9.17. The Bertz CT molecular complexity index is 304. The largest absolute Gasteiger partial charge is 0.480 e. The Morgan fingerprint density at radius 2 is 2.19 bits per heavy atom. The Labute approximate surface area is 100 Å². The van der Waals surface area contributed by atoms with Crippen molar-refractivity contribution in [2.45, 2.75) is 31.7 Å². The topological polar surface area (TPSA) is 57.6 Å². The maximum atomic E-state index is 11.7. The SMILES string of the molecule is O=C(O)C(CC1CC1)N1CC(CS)CC1=O. The van der Waals surface area contributed by atoms with E-state index in [-0.39, 0.29) is 11.8 Å². The van der Waals surface area contributed by atoms with Gasteiger partial charge in [0.05, 0.1) is 0 Å². The fourth-order valence-corrected chi connectivity index (χ4v) is 2.51. The molecule has 5 heteroatoms. The number of hydrogen-bond donors (Lipinski definition) is 2. The van der Waals surface area contributed by atoms with Gasteiger partial charge in [-0.15, -0.1) is 0 Å². The van der Waals surface area contributed by atoms with Crippen LogP contribution in [0.1, 0.15) is 25.7 Å². The third kappa shape index (κ3) is 2.51. The summed E-state index contributed by atoms with van der Waals surface area (Å²) in [6.45, 7) is 0.562. The first-order valence-electron chi connectivity index (χ1n) is 5.75. The molecule has 1 amide bonds. The number of carboxylic acids is 1. The average Bonchev–Trinajstić information content (AvgIpc) is 2.98. The number of aliphatic carboxylic acids is 1. The van der Waals surface area contributed by atoms with Crippen molar-refractivity contribution in [3.8, 4) is 0 Å². The van der Waals surface area contributed by atoms with Crippen LogP contribution in [0.3, 0.4) is 0 Å². The second-order valence-electron chi connectivity index (χ2n) is 4.83. The number of carbonyl (C=O) groups is 2. The molecule has 0 spiro atoms. The van der Waals surface area contributed by atoms with Crippen molar-refractivity contribution in [2.75, 3.05) is 12.3 Å². The van der Waals surface area contributed by atoms with E-state index < -0.39 is 12.0 Å². The van der Waals surface area contributed by atoms with Crippen LogP contribution in [0.5, 0.6) is 0 Å². The van der Waals surface area contributed by atoms with Crippen molar-refractivity contribution in [1.29, 1.82) is 0 Å². The van der Waals surface area contributed by atoms with Crippen LogP contribution in [-0.2, 0) is 9.59 Å². The van der Waals surface area contributed by atoms with E-state index in [0.29, 0.717) is 31.1 Å². The maximum Gasteiger partial charge on any atom is 0.326 e. The summed E-state index contributed by atoms with van der Waals surface area (Å²) >= 11 is 4.17. The lowest BCUT2D eigenvalue weighted by atomic mass is 10.1. The van der Waals surface area contributed by atoms with Gasteiger partial charge in [0.15, 0.2) is 0 Å². The molecule has 1 saturated carbocycles. The van der Waals surface area contributed by atoms with E-state index in [1.54, 1.807) is 4.90 Å². The van der Waals surface area contributed by atoms with Gasteiger partial charge in [0.2, 0.25) is 5.91 Å². The lowest BCUT2D eigenvalue weighted by Crippen LogP contribution is -2.42. The highest BCUT2D eigenvalue weighted by molar-refractivity contribution is 7.80. The van der Waals surface area contributed by atoms with Gasteiger partial charge in [-0.25, -0.2) is 4.79 Å². The summed E-state index contributed by atoms with van der Waals surface area (Å²) in [6.07, 6.45) is 3.31. The standard InChI is InChI=1S/C11H17NO3S/c13-10-4-8(6-16)5-12(10)9(11(14)15)3-7-1-2-7/h7-9,16H,1-6H2,(H,14,15). The number of carbonyl (C=O) groups excluding carboxylic acids is 1. The van der Waals surface area contributed by atoms with Crippen LogP contribution in [0.2, 0.25) is 0 Å². The molecule has 0 aromatic heterocycles. The third-order valence-corrected chi connectivity index (χ3v) is 3.93. The highest BCUT2D eigenvalue weighted by Gasteiger charge is 2.39. The number of hydrogen-bond acceptors (Lipinski definition) is 3. The Morgan fingerprint density at radius 1 is 1.50 bits per heavy atom. The van der Waals surface area contributed by atoms with Gasteiger partial charge in [-0.2, -0.15) is 12.6 Å². The monoisotopic (exact) mass is 243 g/mol. The summed E-state index contributed by atoms with van der Waals surface area (Å²) in [5.41, 5.74) is 0. The second-order valence-corrected chi connectivity index (χ2v) is 5.20. The van der Waals surface area contributed by atoms with Crippen LogP contribution in [-0.4, -0.2) is 40.2 Å². The Balaban J connectivity index is 2.01. The molecule has 1 saturated heterocycles. The highest BCUT2D eigenvalue weighted by atomic mass is 32.1. The summed E-state index contributed by atoms with van der Waals surface area (Å²) in [6, 6.07) is -0.607. The van der Waals surface area contributed by atoms with E-state index in [0.717, 1.165) is 12.8 Å². The number of amides is 1. The Hall–Kier alpha value is -0.710. The third-order valence-electron chi connectivity index (χ3n) is 3.41. The molecule has 2 aliphatic rings. The predicted molar refractivity (Wildman–Crippen MR) is 62.4 cm³/mol. The molecule has 4 nitrogen and oxygen atoms in total. The second kappa shape index (κ2) is 4.65. The fourth-order valence-electron chi connectivity index (χ4n) is 2.26. The molecular formula is C11H17NO3S. The average molecular weight is 243 g/mol. The van der Waals surface area contributed by atoms with Crippen molar-refractivity contribution in [1.82, 2.24) is 4.90 Å². The van der Waals surface area contributed by atoms with Crippen molar-refractivity contribution >= 4 is 24.5 Å². The highest BCUT2D eigenvalue weighted by Crippen LogP contribution is 2.36. The molecule has 0 aromatic carbocycles. The summed E-state index contributed by atoms with van der Waals surface area (Å²) in [7, 11) is 0. The molecule has 16 heavy (non-hydrogen) atoms. The zero-order valence-electron chi connectivity index (χ0n) is 9.13. The molecule has 2 atom stereocenters. The quantitative estimate of drug-likeness (QED) is 0.709. The first-order chi connectivity index (χ1) is 7.61. The molecule has 1 heterocycles. The summed E-state index contributed by atoms with van der Waals surface area (Å²) in [5.74, 6) is 0.505. The minimum Gasteiger partial charge on any atom is -0.480 e. The van der Waals surface area contributed by atoms with Gasteiger partial charge >= 0.3 is 5.97 Å². The van der Waals surface area contributed by atoms with Crippen LogP contribution >= 0.6 is 12.6 Å². The predicted octanol–water partition coefficient (Wildman–Crippen LogP) is 1.02. The number of likely N-dealkylation sites (tertiary alicyclic amines) is 1. The maximum absolute atomic E-state index is 11.7. The lowest BCUT2D eigenvalue weighted by molar-refractivity contribution is -0.148. The van der Waals surface area contributed by atoms with E-state index in [2.05, 4.69) is 12.6 Å². The number of carboxylic acid groups (broad SMARTS) is 1. The minimum atomic E-state index is -0.861. The molecule has 0 bridgehead atoms. The van der Waals surface area contributed by atoms with Crippen molar-refractivity contribution < 1.29 is 14.7 Å². The van der Waals surface area contributed by atoms with Crippen LogP contribution < -0.4 is 0 Å². The van der Waals surface area contributed by atoms with Crippen LogP contribution in [0, 0.1) is 11.8 Å². The van der Waals surface area contributed by atoms with E-state index in [1.807, 2.05) is 0 Å². The van der Waals surface area contributed by atoms with E-state index in [1.165, 1.54) is 0 Å². The first-order valence-corrected chi connectivity index (χ1v) is 6.38. The van der Waals surface area contributed by atoms with Gasteiger partial charge in [-0.05, 0) is 24.0 Å². The molecule has 1 aliphatic heterocycles. The van der Waals surface area contributed by atoms with Gasteiger partial charge in [0, 0.05) is 13.0 Å². The lowest BCUT2D eigenvalue weighted by Gasteiger charge is -2.24. The molecular weight excluding hydrogens is 226 g/mol. The minimum absolute atomic E-state index is 0.0212. The van der Waals surface area contributed by atoms with Gasteiger partial charge in [-0.3, -0.25) is 4.79 Å².